The lowest BCUT2D eigenvalue weighted by Crippen LogP contribution is -2.28. The molecule has 0 saturated carbocycles. The van der Waals surface area contributed by atoms with E-state index < -0.39 is 0 Å². The highest BCUT2D eigenvalue weighted by Crippen LogP contribution is 2.15. The molecule has 0 saturated heterocycles. The van der Waals surface area contributed by atoms with Crippen LogP contribution in [0.1, 0.15) is 39.5 Å². The Hall–Kier alpha value is -0.0800. The average Bonchev–Trinajstić information content (AvgIpc) is 2.10. The fraction of sp³-hybridized carbons (Fsp3) is 1.00. The second-order valence-corrected chi connectivity index (χ2v) is 4.27. The summed E-state index contributed by atoms with van der Waals surface area (Å²) in [5, 5.41) is 0. The maximum atomic E-state index is 6.05. The molecule has 0 radical (unpaired) electrons. The monoisotopic (exact) mass is 186 g/mol. The first-order chi connectivity index (χ1) is 6.10. The zero-order valence-corrected chi connectivity index (χ0v) is 9.71. The summed E-state index contributed by atoms with van der Waals surface area (Å²) < 4.78 is 0. The Labute approximate surface area is 83.5 Å². The molecule has 0 aromatic carbocycles. The second kappa shape index (κ2) is 7.34. The molecule has 2 N–H and O–H groups in total. The molecule has 0 aliphatic heterocycles. The molecule has 2 heteroatoms. The molecule has 80 valence electrons. The van der Waals surface area contributed by atoms with Crippen LogP contribution in [0.3, 0.4) is 0 Å². The predicted molar refractivity (Wildman–Crippen MR) is 59.8 cm³/mol. The molecule has 0 spiro atoms. The van der Waals surface area contributed by atoms with Gasteiger partial charge in [0.1, 0.15) is 0 Å². The van der Waals surface area contributed by atoms with E-state index in [4.69, 9.17) is 5.73 Å². The van der Waals surface area contributed by atoms with Crippen LogP contribution in [0.2, 0.25) is 0 Å². The Balaban J connectivity index is 3.53. The van der Waals surface area contributed by atoms with Crippen molar-refractivity contribution in [1.29, 1.82) is 0 Å². The molecule has 0 aromatic rings. The molecule has 1 atom stereocenters. The molecule has 0 fully saturated rings. The average molecular weight is 186 g/mol. The lowest BCUT2D eigenvalue weighted by Gasteiger charge is -2.19. The number of nitrogens with two attached hydrogens (primary N) is 1. The lowest BCUT2D eigenvalue weighted by molar-refractivity contribution is 0.342. The third kappa shape index (κ3) is 7.03. The standard InChI is InChI=1S/C11H26N2/c1-5-10(6-2)9-11(12)7-8-13(3)4/h10-11H,5-9,12H2,1-4H3. The number of nitrogens with zero attached hydrogens (tertiary/aromatic N) is 1. The zero-order valence-electron chi connectivity index (χ0n) is 9.71. The summed E-state index contributed by atoms with van der Waals surface area (Å²) >= 11 is 0. The van der Waals surface area contributed by atoms with Gasteiger partial charge in [-0.1, -0.05) is 26.7 Å². The highest BCUT2D eigenvalue weighted by Gasteiger charge is 2.09. The Kier molecular flexibility index (Phi) is 7.29. The molecule has 0 bridgehead atoms. The van der Waals surface area contributed by atoms with E-state index in [2.05, 4.69) is 32.8 Å². The van der Waals surface area contributed by atoms with Crippen molar-refractivity contribution in [3.05, 3.63) is 0 Å². The number of hydrogen-bond acceptors (Lipinski definition) is 2. The van der Waals surface area contributed by atoms with Gasteiger partial charge in [0.05, 0.1) is 0 Å². The van der Waals surface area contributed by atoms with Gasteiger partial charge in [-0.3, -0.25) is 0 Å². The second-order valence-electron chi connectivity index (χ2n) is 4.27. The minimum Gasteiger partial charge on any atom is -0.328 e. The fourth-order valence-electron chi connectivity index (χ4n) is 1.59. The van der Waals surface area contributed by atoms with Crippen LogP contribution in [0.15, 0.2) is 0 Å². The summed E-state index contributed by atoms with van der Waals surface area (Å²) in [5.74, 6) is 0.831. The Bertz CT molecular complexity index is 109. The molecule has 0 rings (SSSR count). The minimum absolute atomic E-state index is 0.396. The van der Waals surface area contributed by atoms with Gasteiger partial charge in [-0.25, -0.2) is 0 Å². The molecule has 0 aromatic heterocycles. The Morgan fingerprint density at radius 2 is 1.69 bits per heavy atom. The number of hydrogen-bond donors (Lipinski definition) is 1. The maximum absolute atomic E-state index is 6.05. The minimum atomic E-state index is 0.396. The lowest BCUT2D eigenvalue weighted by atomic mass is 9.94. The van der Waals surface area contributed by atoms with E-state index in [0.717, 1.165) is 18.9 Å². The van der Waals surface area contributed by atoms with Gasteiger partial charge in [0.25, 0.3) is 0 Å². The number of rotatable bonds is 7. The van der Waals surface area contributed by atoms with Crippen molar-refractivity contribution in [2.75, 3.05) is 20.6 Å². The predicted octanol–water partition coefficient (Wildman–Crippen LogP) is 2.09. The third-order valence-corrected chi connectivity index (χ3v) is 2.74. The molecule has 13 heavy (non-hydrogen) atoms. The van der Waals surface area contributed by atoms with E-state index in [1.54, 1.807) is 0 Å². The van der Waals surface area contributed by atoms with Crippen molar-refractivity contribution in [1.82, 2.24) is 4.90 Å². The van der Waals surface area contributed by atoms with Crippen LogP contribution in [0.4, 0.5) is 0 Å². The molecule has 0 aliphatic rings. The van der Waals surface area contributed by atoms with E-state index in [1.807, 2.05) is 0 Å². The SMILES string of the molecule is CCC(CC)CC(N)CCN(C)C. The maximum Gasteiger partial charge on any atom is 0.00536 e. The smallest absolute Gasteiger partial charge is 0.00536 e. The van der Waals surface area contributed by atoms with Gasteiger partial charge in [-0.15, -0.1) is 0 Å². The summed E-state index contributed by atoms with van der Waals surface area (Å²) in [6.07, 6.45) is 4.86. The molecule has 0 aliphatic carbocycles. The molecule has 2 nitrogen and oxygen atoms in total. The van der Waals surface area contributed by atoms with Crippen LogP contribution in [-0.4, -0.2) is 31.6 Å². The van der Waals surface area contributed by atoms with Crippen LogP contribution >= 0.6 is 0 Å². The van der Waals surface area contributed by atoms with E-state index in [1.165, 1.54) is 19.3 Å². The van der Waals surface area contributed by atoms with Gasteiger partial charge >= 0.3 is 0 Å². The van der Waals surface area contributed by atoms with E-state index in [0.29, 0.717) is 6.04 Å². The van der Waals surface area contributed by atoms with Crippen LogP contribution in [0.5, 0.6) is 0 Å². The fourth-order valence-corrected chi connectivity index (χ4v) is 1.59. The molecular weight excluding hydrogens is 160 g/mol. The summed E-state index contributed by atoms with van der Waals surface area (Å²) in [6.45, 7) is 5.63. The molecule has 0 amide bonds. The normalized spacial score (nSPS) is 14.1. The molecular formula is C11H26N2. The first kappa shape index (κ1) is 12.9. The zero-order chi connectivity index (χ0) is 10.3. The topological polar surface area (TPSA) is 29.3 Å². The first-order valence-electron chi connectivity index (χ1n) is 5.50. The highest BCUT2D eigenvalue weighted by atomic mass is 15.0. The van der Waals surface area contributed by atoms with Gasteiger partial charge in [0.2, 0.25) is 0 Å². The van der Waals surface area contributed by atoms with Crippen molar-refractivity contribution in [3.63, 3.8) is 0 Å². The van der Waals surface area contributed by atoms with Crippen molar-refractivity contribution in [2.24, 2.45) is 11.7 Å². The quantitative estimate of drug-likeness (QED) is 0.659. The van der Waals surface area contributed by atoms with E-state index >= 15 is 0 Å². The largest absolute Gasteiger partial charge is 0.328 e. The van der Waals surface area contributed by atoms with Crippen LogP contribution in [0, 0.1) is 5.92 Å². The summed E-state index contributed by atoms with van der Waals surface area (Å²) in [7, 11) is 4.20. The third-order valence-electron chi connectivity index (χ3n) is 2.74. The van der Waals surface area contributed by atoms with Gasteiger partial charge < -0.3 is 10.6 Å². The van der Waals surface area contributed by atoms with E-state index in [9.17, 15) is 0 Å². The van der Waals surface area contributed by atoms with Crippen LogP contribution < -0.4 is 5.73 Å². The van der Waals surface area contributed by atoms with Crippen molar-refractivity contribution >= 4 is 0 Å². The van der Waals surface area contributed by atoms with Gasteiger partial charge in [-0.05, 0) is 39.4 Å². The highest BCUT2D eigenvalue weighted by molar-refractivity contribution is 4.67. The van der Waals surface area contributed by atoms with Crippen LogP contribution in [-0.2, 0) is 0 Å². The first-order valence-corrected chi connectivity index (χ1v) is 5.50. The van der Waals surface area contributed by atoms with Gasteiger partial charge in [0, 0.05) is 6.04 Å². The van der Waals surface area contributed by atoms with Crippen molar-refractivity contribution in [2.45, 2.75) is 45.6 Å². The van der Waals surface area contributed by atoms with E-state index in [-0.39, 0.29) is 0 Å². The van der Waals surface area contributed by atoms with Crippen molar-refractivity contribution in [3.8, 4) is 0 Å². The Morgan fingerprint density at radius 3 is 2.08 bits per heavy atom. The van der Waals surface area contributed by atoms with Crippen LogP contribution in [0.25, 0.3) is 0 Å². The van der Waals surface area contributed by atoms with Gasteiger partial charge in [0.15, 0.2) is 0 Å². The summed E-state index contributed by atoms with van der Waals surface area (Å²) in [6, 6.07) is 0.396. The van der Waals surface area contributed by atoms with Crippen molar-refractivity contribution < 1.29 is 0 Å². The summed E-state index contributed by atoms with van der Waals surface area (Å²) in [4.78, 5) is 2.20. The molecule has 1 unspecified atom stereocenters. The molecule has 0 heterocycles. The Morgan fingerprint density at radius 1 is 1.15 bits per heavy atom. The van der Waals surface area contributed by atoms with Gasteiger partial charge in [-0.2, -0.15) is 0 Å². The summed E-state index contributed by atoms with van der Waals surface area (Å²) in [5.41, 5.74) is 6.05.